The number of nitrogens with one attached hydrogen (secondary N) is 2. The van der Waals surface area contributed by atoms with E-state index in [0.717, 1.165) is 10.9 Å². The van der Waals surface area contributed by atoms with Crippen molar-refractivity contribution in [2.45, 2.75) is 19.8 Å². The Hall–Kier alpha value is -1.56. The number of carbonyl (C=O) groups is 2. The Morgan fingerprint density at radius 1 is 1.25 bits per heavy atom. The fourth-order valence-corrected chi connectivity index (χ4v) is 1.93. The third-order valence-electron chi connectivity index (χ3n) is 2.62. The van der Waals surface area contributed by atoms with Gasteiger partial charge in [0, 0.05) is 24.0 Å². The first-order valence-corrected chi connectivity index (χ1v) is 7.26. The first-order valence-electron chi connectivity index (χ1n) is 6.47. The summed E-state index contributed by atoms with van der Waals surface area (Å²) in [7, 11) is 1.51. The number of methoxy groups -OCH3 is 1. The molecule has 1 aromatic carbocycles. The van der Waals surface area contributed by atoms with Crippen LogP contribution in [0.15, 0.2) is 22.7 Å². The van der Waals surface area contributed by atoms with Crippen LogP contribution in [0.5, 0.6) is 5.75 Å². The Morgan fingerprint density at radius 2 is 2.00 bits per heavy atom. The zero-order valence-corrected chi connectivity index (χ0v) is 13.2. The predicted molar refractivity (Wildman–Crippen MR) is 80.9 cm³/mol. The van der Waals surface area contributed by atoms with E-state index >= 15 is 0 Å². The van der Waals surface area contributed by atoms with Gasteiger partial charge in [0.25, 0.3) is 5.91 Å². The number of ether oxygens (including phenoxy) is 1. The van der Waals surface area contributed by atoms with Gasteiger partial charge in [-0.25, -0.2) is 0 Å². The monoisotopic (exact) mass is 342 g/mol. The zero-order chi connectivity index (χ0) is 15.0. The molecule has 2 N–H and O–H groups in total. The summed E-state index contributed by atoms with van der Waals surface area (Å²) in [4.78, 5) is 23.4. The lowest BCUT2D eigenvalue weighted by Crippen LogP contribution is -2.31. The molecule has 0 radical (unpaired) electrons. The molecule has 2 amide bonds. The van der Waals surface area contributed by atoms with Crippen LogP contribution in [0, 0.1) is 0 Å². The van der Waals surface area contributed by atoms with Gasteiger partial charge in [-0.1, -0.05) is 22.9 Å². The second kappa shape index (κ2) is 8.58. The van der Waals surface area contributed by atoms with Gasteiger partial charge < -0.3 is 15.4 Å². The summed E-state index contributed by atoms with van der Waals surface area (Å²) in [6.45, 7) is 2.95. The van der Waals surface area contributed by atoms with Crippen LogP contribution in [0.1, 0.15) is 30.1 Å². The molecule has 0 saturated heterocycles. The van der Waals surface area contributed by atoms with Gasteiger partial charge in [0.2, 0.25) is 5.91 Å². The summed E-state index contributed by atoms with van der Waals surface area (Å²) in [6, 6.07) is 5.17. The highest BCUT2D eigenvalue weighted by atomic mass is 79.9. The van der Waals surface area contributed by atoms with E-state index in [-0.39, 0.29) is 18.2 Å². The first kappa shape index (κ1) is 16.5. The van der Waals surface area contributed by atoms with Gasteiger partial charge in [0.15, 0.2) is 0 Å². The van der Waals surface area contributed by atoms with E-state index in [1.807, 2.05) is 6.92 Å². The number of rotatable bonds is 7. The third-order valence-corrected chi connectivity index (χ3v) is 3.11. The van der Waals surface area contributed by atoms with Crippen LogP contribution in [0.4, 0.5) is 0 Å². The number of hydrogen-bond donors (Lipinski definition) is 2. The Labute approximate surface area is 127 Å². The molecule has 0 unspecified atom stereocenters. The molecular formula is C14H19BrN2O3. The quantitative estimate of drug-likeness (QED) is 0.797. The van der Waals surface area contributed by atoms with Crippen molar-refractivity contribution in [1.29, 1.82) is 0 Å². The average Bonchev–Trinajstić information content (AvgIpc) is 2.44. The Bertz CT molecular complexity index is 477. The average molecular weight is 343 g/mol. The number of carbonyl (C=O) groups excluding carboxylic acids is 2. The molecule has 0 aliphatic carbocycles. The van der Waals surface area contributed by atoms with E-state index in [9.17, 15) is 9.59 Å². The number of benzene rings is 1. The van der Waals surface area contributed by atoms with Gasteiger partial charge in [-0.05, 0) is 24.6 Å². The van der Waals surface area contributed by atoms with Crippen molar-refractivity contribution in [3.8, 4) is 5.75 Å². The van der Waals surface area contributed by atoms with Crippen LogP contribution in [0.2, 0.25) is 0 Å². The van der Waals surface area contributed by atoms with Crippen molar-refractivity contribution in [2.24, 2.45) is 0 Å². The highest BCUT2D eigenvalue weighted by molar-refractivity contribution is 9.10. The van der Waals surface area contributed by atoms with Crippen molar-refractivity contribution < 1.29 is 14.3 Å². The molecule has 0 spiro atoms. The fraction of sp³-hybridized carbons (Fsp3) is 0.429. The summed E-state index contributed by atoms with van der Waals surface area (Å²) in [5.74, 6) is 0.180. The molecule has 20 heavy (non-hydrogen) atoms. The lowest BCUT2D eigenvalue weighted by Gasteiger charge is -2.09. The van der Waals surface area contributed by atoms with Crippen LogP contribution in [-0.4, -0.2) is 32.0 Å². The van der Waals surface area contributed by atoms with Crippen molar-refractivity contribution in [3.63, 3.8) is 0 Å². The number of halogens is 1. The van der Waals surface area contributed by atoms with Crippen molar-refractivity contribution in [1.82, 2.24) is 10.6 Å². The van der Waals surface area contributed by atoms with Crippen LogP contribution in [0.3, 0.4) is 0 Å². The minimum Gasteiger partial charge on any atom is -0.496 e. The van der Waals surface area contributed by atoms with E-state index in [1.165, 1.54) is 7.11 Å². The summed E-state index contributed by atoms with van der Waals surface area (Å²) in [5.41, 5.74) is 0.449. The molecule has 0 atom stereocenters. The fourth-order valence-electron chi connectivity index (χ4n) is 1.59. The van der Waals surface area contributed by atoms with E-state index in [4.69, 9.17) is 4.74 Å². The molecule has 0 aliphatic rings. The SMILES string of the molecule is CCCNC(=O)CCNC(=O)c1ccc(Br)cc1OC. The molecule has 0 aromatic heterocycles. The maximum atomic E-state index is 12.0. The second-order valence-corrected chi connectivity index (χ2v) is 5.12. The molecule has 1 rings (SSSR count). The van der Waals surface area contributed by atoms with E-state index < -0.39 is 0 Å². The Balaban J connectivity index is 2.49. The minimum atomic E-state index is -0.252. The van der Waals surface area contributed by atoms with Gasteiger partial charge in [-0.2, -0.15) is 0 Å². The molecule has 5 nitrogen and oxygen atoms in total. The highest BCUT2D eigenvalue weighted by Crippen LogP contribution is 2.23. The van der Waals surface area contributed by atoms with Crippen LogP contribution < -0.4 is 15.4 Å². The van der Waals surface area contributed by atoms with E-state index in [0.29, 0.717) is 24.4 Å². The molecule has 0 bridgehead atoms. The van der Waals surface area contributed by atoms with Gasteiger partial charge in [0.05, 0.1) is 12.7 Å². The van der Waals surface area contributed by atoms with Gasteiger partial charge in [-0.15, -0.1) is 0 Å². The van der Waals surface area contributed by atoms with Crippen LogP contribution in [0.25, 0.3) is 0 Å². The minimum absolute atomic E-state index is 0.0603. The maximum absolute atomic E-state index is 12.0. The largest absolute Gasteiger partial charge is 0.496 e. The first-order chi connectivity index (χ1) is 9.58. The normalized spacial score (nSPS) is 9.95. The lowest BCUT2D eigenvalue weighted by molar-refractivity contribution is -0.120. The highest BCUT2D eigenvalue weighted by Gasteiger charge is 2.12. The molecule has 1 aromatic rings. The van der Waals surface area contributed by atoms with Crippen molar-refractivity contribution >= 4 is 27.7 Å². The maximum Gasteiger partial charge on any atom is 0.255 e. The Morgan fingerprint density at radius 3 is 2.65 bits per heavy atom. The van der Waals surface area contributed by atoms with Gasteiger partial charge in [0.1, 0.15) is 5.75 Å². The number of hydrogen-bond acceptors (Lipinski definition) is 3. The van der Waals surface area contributed by atoms with Gasteiger partial charge in [-0.3, -0.25) is 9.59 Å². The lowest BCUT2D eigenvalue weighted by atomic mass is 10.2. The third kappa shape index (κ3) is 5.21. The van der Waals surface area contributed by atoms with Crippen LogP contribution in [-0.2, 0) is 4.79 Å². The van der Waals surface area contributed by atoms with Crippen molar-refractivity contribution in [3.05, 3.63) is 28.2 Å². The molecular weight excluding hydrogens is 324 g/mol. The Kier molecular flexibility index (Phi) is 7.08. The zero-order valence-electron chi connectivity index (χ0n) is 11.7. The summed E-state index contributed by atoms with van der Waals surface area (Å²) in [5, 5.41) is 5.46. The van der Waals surface area contributed by atoms with Crippen molar-refractivity contribution in [2.75, 3.05) is 20.2 Å². The standard InChI is InChI=1S/C14H19BrN2O3/c1-3-7-16-13(18)6-8-17-14(19)11-5-4-10(15)9-12(11)20-2/h4-5,9H,3,6-8H2,1-2H3,(H,16,18)(H,17,19). The summed E-state index contributed by atoms with van der Waals surface area (Å²) < 4.78 is 6.00. The molecule has 6 heteroatoms. The second-order valence-electron chi connectivity index (χ2n) is 4.20. The molecule has 0 saturated carbocycles. The molecule has 110 valence electrons. The smallest absolute Gasteiger partial charge is 0.255 e. The summed E-state index contributed by atoms with van der Waals surface area (Å²) in [6.07, 6.45) is 1.17. The molecule has 0 fully saturated rings. The van der Waals surface area contributed by atoms with Gasteiger partial charge >= 0.3 is 0 Å². The van der Waals surface area contributed by atoms with E-state index in [1.54, 1.807) is 18.2 Å². The van der Waals surface area contributed by atoms with Crippen LogP contribution >= 0.6 is 15.9 Å². The predicted octanol–water partition coefficient (Wildman–Crippen LogP) is 2.10. The summed E-state index contributed by atoms with van der Waals surface area (Å²) >= 11 is 3.32. The molecule has 0 heterocycles. The van der Waals surface area contributed by atoms with E-state index in [2.05, 4.69) is 26.6 Å². The number of amides is 2. The topological polar surface area (TPSA) is 67.4 Å². The molecule has 0 aliphatic heterocycles.